The molecule has 0 bridgehead atoms. The van der Waals surface area contributed by atoms with Crippen LogP contribution in [0.15, 0.2) is 42.5 Å². The number of fused-ring (bicyclic) bond motifs is 1. The number of rotatable bonds is 5. The third-order valence-corrected chi connectivity index (χ3v) is 3.83. The zero-order valence-electron chi connectivity index (χ0n) is 13.6. The lowest BCUT2D eigenvalue weighted by Crippen LogP contribution is -2.36. The maximum Gasteiger partial charge on any atom is 0.190 e. The Kier molecular flexibility index (Phi) is 4.64. The average Bonchev–Trinajstić information content (AvgIpc) is 2.95. The number of benzene rings is 1. The Morgan fingerprint density at radius 2 is 2.00 bits per heavy atom. The van der Waals surface area contributed by atoms with E-state index in [1.165, 1.54) is 13.0 Å². The van der Waals surface area contributed by atoms with Gasteiger partial charge in [0.05, 0.1) is 6.61 Å². The molecule has 124 valence electrons. The molecule has 0 aromatic heterocycles. The second-order valence-electron chi connectivity index (χ2n) is 6.30. The van der Waals surface area contributed by atoms with E-state index >= 15 is 0 Å². The van der Waals surface area contributed by atoms with Crippen molar-refractivity contribution in [2.24, 2.45) is 0 Å². The van der Waals surface area contributed by atoms with Crippen molar-refractivity contribution in [3.8, 4) is 0 Å². The van der Waals surface area contributed by atoms with Gasteiger partial charge >= 0.3 is 0 Å². The SMILES string of the molecule is CC(=O)/C=C/[C@H]1O[C@@H]2OC(C)(C)O[C@@H]2[C@H]1OCc1ccccc1. The number of hydrogen-bond acceptors (Lipinski definition) is 5. The molecule has 1 aromatic rings. The summed E-state index contributed by atoms with van der Waals surface area (Å²) >= 11 is 0. The first-order chi connectivity index (χ1) is 10.9. The van der Waals surface area contributed by atoms with Crippen molar-refractivity contribution in [1.29, 1.82) is 0 Å². The Hall–Kier alpha value is -1.53. The maximum atomic E-state index is 11.2. The Morgan fingerprint density at radius 3 is 2.70 bits per heavy atom. The van der Waals surface area contributed by atoms with Gasteiger partial charge in [-0.1, -0.05) is 30.3 Å². The van der Waals surface area contributed by atoms with Crippen LogP contribution < -0.4 is 0 Å². The van der Waals surface area contributed by atoms with Gasteiger partial charge in [-0.25, -0.2) is 0 Å². The number of carbonyl (C=O) groups is 1. The van der Waals surface area contributed by atoms with Crippen molar-refractivity contribution in [1.82, 2.24) is 0 Å². The van der Waals surface area contributed by atoms with Gasteiger partial charge in [0.15, 0.2) is 17.9 Å². The van der Waals surface area contributed by atoms with Gasteiger partial charge in [0.1, 0.15) is 18.3 Å². The van der Waals surface area contributed by atoms with E-state index in [2.05, 4.69) is 0 Å². The largest absolute Gasteiger partial charge is 0.368 e. The van der Waals surface area contributed by atoms with E-state index < -0.39 is 12.1 Å². The van der Waals surface area contributed by atoms with Crippen LogP contribution in [0.2, 0.25) is 0 Å². The molecular weight excluding hydrogens is 296 g/mol. The molecule has 0 radical (unpaired) electrons. The molecule has 5 heteroatoms. The molecule has 0 amide bonds. The molecule has 2 fully saturated rings. The first kappa shape index (κ1) is 16.3. The Bertz CT molecular complexity index is 580. The summed E-state index contributed by atoms with van der Waals surface area (Å²) in [5.41, 5.74) is 1.07. The van der Waals surface area contributed by atoms with E-state index in [0.717, 1.165) is 5.56 Å². The van der Waals surface area contributed by atoms with Crippen LogP contribution in [0.5, 0.6) is 0 Å². The molecule has 2 saturated heterocycles. The van der Waals surface area contributed by atoms with Crippen molar-refractivity contribution in [3.05, 3.63) is 48.0 Å². The van der Waals surface area contributed by atoms with Crippen LogP contribution in [0, 0.1) is 0 Å². The third-order valence-electron chi connectivity index (χ3n) is 3.83. The van der Waals surface area contributed by atoms with Gasteiger partial charge in [0.25, 0.3) is 0 Å². The van der Waals surface area contributed by atoms with Crippen LogP contribution in [-0.2, 0) is 30.3 Å². The summed E-state index contributed by atoms with van der Waals surface area (Å²) in [6.07, 6.45) is 1.74. The topological polar surface area (TPSA) is 54.0 Å². The summed E-state index contributed by atoms with van der Waals surface area (Å²) in [6, 6.07) is 9.91. The van der Waals surface area contributed by atoms with Crippen molar-refractivity contribution < 1.29 is 23.7 Å². The van der Waals surface area contributed by atoms with Crippen molar-refractivity contribution in [3.63, 3.8) is 0 Å². The molecule has 0 spiro atoms. The smallest absolute Gasteiger partial charge is 0.190 e. The summed E-state index contributed by atoms with van der Waals surface area (Å²) in [6.45, 7) is 5.65. The number of carbonyl (C=O) groups excluding carboxylic acids is 1. The molecule has 0 saturated carbocycles. The average molecular weight is 318 g/mol. The van der Waals surface area contributed by atoms with Crippen LogP contribution >= 0.6 is 0 Å². The van der Waals surface area contributed by atoms with E-state index in [4.69, 9.17) is 18.9 Å². The molecule has 2 aliphatic heterocycles. The molecule has 2 aliphatic rings. The first-order valence-electron chi connectivity index (χ1n) is 7.80. The summed E-state index contributed by atoms with van der Waals surface area (Å²) < 4.78 is 23.6. The van der Waals surface area contributed by atoms with E-state index in [9.17, 15) is 4.79 Å². The normalized spacial score (nSPS) is 32.3. The van der Waals surface area contributed by atoms with Crippen LogP contribution in [0.25, 0.3) is 0 Å². The summed E-state index contributed by atoms with van der Waals surface area (Å²) in [5.74, 6) is -0.728. The molecule has 4 atom stereocenters. The molecule has 1 aromatic carbocycles. The molecular formula is C18H22O5. The lowest BCUT2D eigenvalue weighted by atomic mass is 10.1. The standard InChI is InChI=1S/C18H22O5/c1-12(19)9-10-14-15(20-11-13-7-5-4-6-8-13)16-17(21-14)23-18(2,3)22-16/h4-10,14-17H,11H2,1-3H3/b10-9+/t14-,15+,16-,17-/m1/s1. The van der Waals surface area contributed by atoms with Gasteiger partial charge < -0.3 is 18.9 Å². The van der Waals surface area contributed by atoms with Crippen molar-refractivity contribution in [2.75, 3.05) is 0 Å². The highest BCUT2D eigenvalue weighted by Crippen LogP contribution is 2.39. The van der Waals surface area contributed by atoms with Gasteiger partial charge in [-0.05, 0) is 38.5 Å². The first-order valence-corrected chi connectivity index (χ1v) is 7.80. The maximum absolute atomic E-state index is 11.2. The number of allylic oxidation sites excluding steroid dienone is 1. The molecule has 0 unspecified atom stereocenters. The van der Waals surface area contributed by atoms with E-state index in [-0.39, 0.29) is 24.1 Å². The minimum Gasteiger partial charge on any atom is -0.368 e. The zero-order valence-corrected chi connectivity index (χ0v) is 13.6. The summed E-state index contributed by atoms with van der Waals surface area (Å²) in [4.78, 5) is 11.2. The molecule has 23 heavy (non-hydrogen) atoms. The third kappa shape index (κ3) is 3.87. The van der Waals surface area contributed by atoms with Crippen LogP contribution in [0.1, 0.15) is 26.3 Å². The lowest BCUT2D eigenvalue weighted by molar-refractivity contribution is -0.213. The highest BCUT2D eigenvalue weighted by Gasteiger charge is 2.54. The molecule has 3 rings (SSSR count). The second-order valence-corrected chi connectivity index (χ2v) is 6.30. The molecule has 0 aliphatic carbocycles. The predicted molar refractivity (Wildman–Crippen MR) is 83.5 cm³/mol. The predicted octanol–water partition coefficient (Wildman–Crippen LogP) is 2.59. The monoisotopic (exact) mass is 318 g/mol. The number of ketones is 1. The molecule has 2 heterocycles. The quantitative estimate of drug-likeness (QED) is 0.781. The number of hydrogen-bond donors (Lipinski definition) is 0. The lowest BCUT2D eigenvalue weighted by Gasteiger charge is -2.24. The fraction of sp³-hybridized carbons (Fsp3) is 0.500. The van der Waals surface area contributed by atoms with Gasteiger partial charge in [-0.2, -0.15) is 0 Å². The Labute approximate surface area is 136 Å². The summed E-state index contributed by atoms with van der Waals surface area (Å²) in [5, 5.41) is 0. The highest BCUT2D eigenvalue weighted by molar-refractivity contribution is 5.87. The highest BCUT2D eigenvalue weighted by atomic mass is 16.8. The van der Waals surface area contributed by atoms with Crippen LogP contribution in [-0.4, -0.2) is 36.2 Å². The Balaban J connectivity index is 1.72. The minimum absolute atomic E-state index is 0.0327. The zero-order chi connectivity index (χ0) is 16.4. The summed E-state index contributed by atoms with van der Waals surface area (Å²) in [7, 11) is 0. The molecule has 0 N–H and O–H groups in total. The molecule has 5 nitrogen and oxygen atoms in total. The van der Waals surface area contributed by atoms with Crippen molar-refractivity contribution in [2.45, 2.75) is 57.8 Å². The fourth-order valence-electron chi connectivity index (χ4n) is 2.85. The van der Waals surface area contributed by atoms with Gasteiger partial charge in [0, 0.05) is 0 Å². The Morgan fingerprint density at radius 1 is 1.26 bits per heavy atom. The van der Waals surface area contributed by atoms with Gasteiger partial charge in [0.2, 0.25) is 0 Å². The van der Waals surface area contributed by atoms with E-state index in [0.29, 0.717) is 6.61 Å². The van der Waals surface area contributed by atoms with Crippen molar-refractivity contribution >= 4 is 5.78 Å². The second kappa shape index (κ2) is 6.53. The number of ether oxygens (including phenoxy) is 4. The van der Waals surface area contributed by atoms with E-state index in [1.54, 1.807) is 6.08 Å². The minimum atomic E-state index is -0.695. The fourth-order valence-corrected chi connectivity index (χ4v) is 2.85. The van der Waals surface area contributed by atoms with E-state index in [1.807, 2.05) is 44.2 Å². The van der Waals surface area contributed by atoms with Crippen LogP contribution in [0.4, 0.5) is 0 Å². The van der Waals surface area contributed by atoms with Gasteiger partial charge in [-0.15, -0.1) is 0 Å². The van der Waals surface area contributed by atoms with Crippen LogP contribution in [0.3, 0.4) is 0 Å². The van der Waals surface area contributed by atoms with Gasteiger partial charge in [-0.3, -0.25) is 4.79 Å².